The van der Waals surface area contributed by atoms with E-state index in [1.165, 1.54) is 11.3 Å². The van der Waals surface area contributed by atoms with Gasteiger partial charge in [-0.1, -0.05) is 22.0 Å². The van der Waals surface area contributed by atoms with Crippen LogP contribution in [-0.4, -0.2) is 31.3 Å². The van der Waals surface area contributed by atoms with Crippen molar-refractivity contribution in [3.63, 3.8) is 0 Å². The normalized spacial score (nSPS) is 20.4. The van der Waals surface area contributed by atoms with Crippen molar-refractivity contribution in [2.24, 2.45) is 0 Å². The van der Waals surface area contributed by atoms with Gasteiger partial charge >= 0.3 is 0 Å². The molecular weight excluding hydrogens is 328 g/mol. The summed E-state index contributed by atoms with van der Waals surface area (Å²) in [5, 5.41) is 3.59. The van der Waals surface area contributed by atoms with Gasteiger partial charge in [-0.25, -0.2) is 0 Å². The highest BCUT2D eigenvalue weighted by molar-refractivity contribution is 9.10. The van der Waals surface area contributed by atoms with Gasteiger partial charge in [0.15, 0.2) is 0 Å². The fraction of sp³-hybridized carbons (Fsp3) is 0.647. The summed E-state index contributed by atoms with van der Waals surface area (Å²) in [6, 6.07) is 6.58. The van der Waals surface area contributed by atoms with Gasteiger partial charge < -0.3 is 15.0 Å². The van der Waals surface area contributed by atoms with Gasteiger partial charge in [-0.2, -0.15) is 0 Å². The molecule has 3 nitrogen and oxygen atoms in total. The number of hydrogen-bond acceptors (Lipinski definition) is 3. The van der Waals surface area contributed by atoms with Crippen molar-refractivity contribution in [3.8, 4) is 0 Å². The molecule has 1 aromatic rings. The molecule has 1 N–H and O–H groups in total. The van der Waals surface area contributed by atoms with Crippen molar-refractivity contribution in [2.45, 2.75) is 52.3 Å². The number of halogens is 1. The Morgan fingerprint density at radius 2 is 2.14 bits per heavy atom. The minimum absolute atomic E-state index is 0.125. The summed E-state index contributed by atoms with van der Waals surface area (Å²) in [7, 11) is 0. The lowest BCUT2D eigenvalue weighted by Gasteiger charge is -2.28. The maximum Gasteiger partial charge on any atom is 0.0721 e. The topological polar surface area (TPSA) is 24.5 Å². The van der Waals surface area contributed by atoms with Crippen LogP contribution < -0.4 is 10.2 Å². The van der Waals surface area contributed by atoms with Crippen LogP contribution in [0.5, 0.6) is 0 Å². The highest BCUT2D eigenvalue weighted by Crippen LogP contribution is 2.27. The van der Waals surface area contributed by atoms with Crippen molar-refractivity contribution in [1.29, 1.82) is 0 Å². The Bertz CT molecular complexity index is 470. The summed E-state index contributed by atoms with van der Waals surface area (Å²) in [5.41, 5.74) is 2.79. The second kappa shape index (κ2) is 7.12. The Hall–Kier alpha value is -0.580. The zero-order valence-electron chi connectivity index (χ0n) is 13.6. The average Bonchev–Trinajstić information content (AvgIpc) is 2.61. The Kier molecular flexibility index (Phi) is 5.69. The van der Waals surface area contributed by atoms with Gasteiger partial charge in [0, 0.05) is 41.9 Å². The van der Waals surface area contributed by atoms with Crippen LogP contribution in [0.2, 0.25) is 0 Å². The van der Waals surface area contributed by atoms with Crippen LogP contribution in [0.3, 0.4) is 0 Å². The number of benzene rings is 1. The average molecular weight is 355 g/mol. The second-order valence-electron chi connectivity index (χ2n) is 6.86. The first-order valence-corrected chi connectivity index (χ1v) is 8.54. The zero-order chi connectivity index (χ0) is 15.5. The third-order valence-corrected chi connectivity index (χ3v) is 4.14. The minimum Gasteiger partial charge on any atom is -0.377 e. The SMILES string of the molecule is CC1CN(c2cc(Br)ccc2CNC(C)(C)C)CCCO1. The van der Waals surface area contributed by atoms with Gasteiger partial charge in [0.05, 0.1) is 6.10 Å². The predicted octanol–water partition coefficient (Wildman–Crippen LogP) is 3.95. The van der Waals surface area contributed by atoms with Gasteiger partial charge in [-0.15, -0.1) is 0 Å². The molecule has 21 heavy (non-hydrogen) atoms. The van der Waals surface area contributed by atoms with E-state index >= 15 is 0 Å². The molecule has 0 radical (unpaired) electrons. The quantitative estimate of drug-likeness (QED) is 0.889. The summed E-state index contributed by atoms with van der Waals surface area (Å²) in [5.74, 6) is 0. The largest absolute Gasteiger partial charge is 0.377 e. The van der Waals surface area contributed by atoms with Crippen LogP contribution in [0.15, 0.2) is 22.7 Å². The molecule has 1 atom stereocenters. The standard InChI is InChI=1S/C17H27BrN2O/c1-13-12-20(8-5-9-21-13)16-10-15(18)7-6-14(16)11-19-17(2,3)4/h6-7,10,13,19H,5,8-9,11-12H2,1-4H3. The van der Waals surface area contributed by atoms with Gasteiger partial charge in [-0.3, -0.25) is 0 Å². The summed E-state index contributed by atoms with van der Waals surface area (Å²) in [6.07, 6.45) is 1.37. The van der Waals surface area contributed by atoms with Crippen LogP contribution in [0.25, 0.3) is 0 Å². The molecule has 1 heterocycles. The molecule has 1 aliphatic heterocycles. The van der Waals surface area contributed by atoms with Gasteiger partial charge in [0.1, 0.15) is 0 Å². The van der Waals surface area contributed by atoms with Crippen molar-refractivity contribution in [2.75, 3.05) is 24.6 Å². The first kappa shape index (κ1) is 16.8. The van der Waals surface area contributed by atoms with Gasteiger partial charge in [0.2, 0.25) is 0 Å². The number of nitrogens with zero attached hydrogens (tertiary/aromatic N) is 1. The summed E-state index contributed by atoms with van der Waals surface area (Å²) >= 11 is 3.61. The molecule has 0 bridgehead atoms. The lowest BCUT2D eigenvalue weighted by atomic mass is 10.1. The molecule has 0 aromatic heterocycles. The molecule has 0 aliphatic carbocycles. The Morgan fingerprint density at radius 3 is 2.86 bits per heavy atom. The van der Waals surface area contributed by atoms with Gasteiger partial charge in [-0.05, 0) is 51.8 Å². The smallest absolute Gasteiger partial charge is 0.0721 e. The van der Waals surface area contributed by atoms with E-state index in [0.717, 1.165) is 37.1 Å². The first-order chi connectivity index (χ1) is 9.85. The fourth-order valence-corrected chi connectivity index (χ4v) is 2.90. The molecule has 0 spiro atoms. The van der Waals surface area contributed by atoms with Crippen molar-refractivity contribution >= 4 is 21.6 Å². The molecule has 0 saturated carbocycles. The van der Waals surface area contributed by atoms with E-state index in [1.807, 2.05) is 0 Å². The predicted molar refractivity (Wildman–Crippen MR) is 93.0 cm³/mol. The van der Waals surface area contributed by atoms with E-state index in [0.29, 0.717) is 0 Å². The minimum atomic E-state index is 0.125. The van der Waals surface area contributed by atoms with E-state index in [1.54, 1.807) is 0 Å². The van der Waals surface area contributed by atoms with Crippen LogP contribution in [0.1, 0.15) is 39.7 Å². The molecule has 1 aromatic carbocycles. The molecule has 0 amide bonds. The highest BCUT2D eigenvalue weighted by atomic mass is 79.9. The van der Waals surface area contributed by atoms with E-state index in [9.17, 15) is 0 Å². The molecular formula is C17H27BrN2O. The molecule has 4 heteroatoms. The van der Waals surface area contributed by atoms with Crippen LogP contribution in [0, 0.1) is 0 Å². The maximum absolute atomic E-state index is 5.77. The summed E-state index contributed by atoms with van der Waals surface area (Å²) in [6.45, 7) is 12.5. The summed E-state index contributed by atoms with van der Waals surface area (Å²) in [4.78, 5) is 2.46. The molecule has 1 fully saturated rings. The molecule has 1 saturated heterocycles. The molecule has 2 rings (SSSR count). The maximum atomic E-state index is 5.77. The number of nitrogens with one attached hydrogen (secondary N) is 1. The van der Waals surface area contributed by atoms with Gasteiger partial charge in [0.25, 0.3) is 0 Å². The van der Waals surface area contributed by atoms with Crippen LogP contribution in [0.4, 0.5) is 5.69 Å². The van der Waals surface area contributed by atoms with Crippen molar-refractivity contribution in [3.05, 3.63) is 28.2 Å². The van der Waals surface area contributed by atoms with E-state index in [-0.39, 0.29) is 11.6 Å². The third kappa shape index (κ3) is 5.28. The lowest BCUT2D eigenvalue weighted by Crippen LogP contribution is -2.36. The number of ether oxygens (including phenoxy) is 1. The van der Waals surface area contributed by atoms with E-state index in [2.05, 4.69) is 72.0 Å². The van der Waals surface area contributed by atoms with Crippen molar-refractivity contribution in [1.82, 2.24) is 5.32 Å². The number of rotatable bonds is 3. The third-order valence-electron chi connectivity index (χ3n) is 3.65. The monoisotopic (exact) mass is 354 g/mol. The van der Waals surface area contributed by atoms with E-state index in [4.69, 9.17) is 4.74 Å². The Morgan fingerprint density at radius 1 is 1.38 bits per heavy atom. The van der Waals surface area contributed by atoms with Crippen LogP contribution in [-0.2, 0) is 11.3 Å². The second-order valence-corrected chi connectivity index (χ2v) is 7.77. The van der Waals surface area contributed by atoms with Crippen molar-refractivity contribution < 1.29 is 4.74 Å². The number of anilines is 1. The Labute approximate surface area is 137 Å². The molecule has 1 aliphatic rings. The molecule has 1 unspecified atom stereocenters. The van der Waals surface area contributed by atoms with Crippen LogP contribution >= 0.6 is 15.9 Å². The lowest BCUT2D eigenvalue weighted by molar-refractivity contribution is 0.0821. The highest BCUT2D eigenvalue weighted by Gasteiger charge is 2.19. The number of hydrogen-bond donors (Lipinski definition) is 1. The van der Waals surface area contributed by atoms with E-state index < -0.39 is 0 Å². The molecule has 118 valence electrons. The Balaban J connectivity index is 2.21. The first-order valence-electron chi connectivity index (χ1n) is 7.75. The zero-order valence-corrected chi connectivity index (χ0v) is 15.2. The fourth-order valence-electron chi connectivity index (χ4n) is 2.55. The summed E-state index contributed by atoms with van der Waals surface area (Å²) < 4.78 is 6.90.